The van der Waals surface area contributed by atoms with Crippen LogP contribution in [0.1, 0.15) is 25.3 Å². The maximum absolute atomic E-state index is 13.2. The summed E-state index contributed by atoms with van der Waals surface area (Å²) in [6.07, 6.45) is 3.20. The lowest BCUT2D eigenvalue weighted by atomic mass is 9.93. The molecule has 1 aromatic carbocycles. The van der Waals surface area contributed by atoms with E-state index >= 15 is 0 Å². The van der Waals surface area contributed by atoms with Gasteiger partial charge in [0.15, 0.2) is 0 Å². The van der Waals surface area contributed by atoms with E-state index in [2.05, 4.69) is 15.9 Å². The minimum atomic E-state index is -0.183. The Morgan fingerprint density at radius 1 is 1.47 bits per heavy atom. The second kappa shape index (κ2) is 4.06. The summed E-state index contributed by atoms with van der Waals surface area (Å²) in [5, 5.41) is 0.166. The van der Waals surface area contributed by atoms with E-state index in [1.165, 1.54) is 6.07 Å². The third-order valence-electron chi connectivity index (χ3n) is 3.21. The Bertz CT molecular complexity index is 352. The number of hydrogen-bond donors (Lipinski definition) is 0. The highest BCUT2D eigenvalue weighted by Gasteiger charge is 2.46. The molecule has 0 nitrogen and oxygen atoms in total. The van der Waals surface area contributed by atoms with Crippen LogP contribution in [0.15, 0.2) is 22.7 Å². The van der Waals surface area contributed by atoms with Gasteiger partial charge in [-0.1, -0.05) is 15.9 Å². The Balaban J connectivity index is 2.17. The summed E-state index contributed by atoms with van der Waals surface area (Å²) < 4.78 is 14.0. The summed E-state index contributed by atoms with van der Waals surface area (Å²) in [6, 6.07) is 5.06. The van der Waals surface area contributed by atoms with Crippen LogP contribution in [0.2, 0.25) is 0 Å². The van der Waals surface area contributed by atoms with Gasteiger partial charge in [0, 0.05) is 9.85 Å². The summed E-state index contributed by atoms with van der Waals surface area (Å²) >= 11 is 9.46. The molecule has 82 valence electrons. The van der Waals surface area contributed by atoms with Crippen molar-refractivity contribution in [1.29, 1.82) is 0 Å². The van der Waals surface area contributed by atoms with Gasteiger partial charge in [-0.3, -0.25) is 0 Å². The van der Waals surface area contributed by atoms with Crippen LogP contribution >= 0.6 is 27.5 Å². The summed E-state index contributed by atoms with van der Waals surface area (Å²) in [6.45, 7) is 2.03. The minimum absolute atomic E-state index is 0.166. The maximum Gasteiger partial charge on any atom is 0.124 e. The van der Waals surface area contributed by atoms with Gasteiger partial charge in [0.1, 0.15) is 5.82 Å². The number of benzene rings is 1. The van der Waals surface area contributed by atoms with Crippen molar-refractivity contribution in [3.63, 3.8) is 0 Å². The molecule has 1 fully saturated rings. The zero-order valence-corrected chi connectivity index (χ0v) is 10.9. The van der Waals surface area contributed by atoms with Crippen LogP contribution in [0.4, 0.5) is 4.39 Å². The molecule has 0 spiro atoms. The third-order valence-corrected chi connectivity index (χ3v) is 4.14. The van der Waals surface area contributed by atoms with E-state index in [1.54, 1.807) is 6.07 Å². The SMILES string of the molecule is CC(Cl)C1(Cc2cc(F)cc(Br)c2)CC1. The molecule has 0 radical (unpaired) electrons. The fraction of sp³-hybridized carbons (Fsp3) is 0.500. The van der Waals surface area contributed by atoms with Gasteiger partial charge in [0.25, 0.3) is 0 Å². The molecule has 0 saturated heterocycles. The standard InChI is InChI=1S/C12H13BrClF/c1-8(14)12(2-3-12)7-9-4-10(13)6-11(15)5-9/h4-6,8H,2-3,7H2,1H3. The van der Waals surface area contributed by atoms with Crippen molar-refractivity contribution in [3.05, 3.63) is 34.1 Å². The zero-order chi connectivity index (χ0) is 11.1. The van der Waals surface area contributed by atoms with Crippen LogP contribution in [0.5, 0.6) is 0 Å². The first-order chi connectivity index (χ1) is 7.02. The molecule has 0 N–H and O–H groups in total. The molecule has 15 heavy (non-hydrogen) atoms. The van der Waals surface area contributed by atoms with Crippen molar-refractivity contribution in [2.75, 3.05) is 0 Å². The van der Waals surface area contributed by atoms with Crippen LogP contribution in [-0.4, -0.2) is 5.38 Å². The van der Waals surface area contributed by atoms with Crippen LogP contribution in [0.25, 0.3) is 0 Å². The molecular formula is C12H13BrClF. The maximum atomic E-state index is 13.2. The van der Waals surface area contributed by atoms with Crippen LogP contribution < -0.4 is 0 Å². The van der Waals surface area contributed by atoms with Gasteiger partial charge in [-0.05, 0) is 55.4 Å². The molecule has 0 aliphatic heterocycles. The van der Waals surface area contributed by atoms with Gasteiger partial charge in [-0.2, -0.15) is 0 Å². The second-order valence-electron chi connectivity index (χ2n) is 4.43. The number of hydrogen-bond acceptors (Lipinski definition) is 0. The summed E-state index contributed by atoms with van der Waals surface area (Å²) in [5.41, 5.74) is 1.25. The molecule has 0 amide bonds. The smallest absolute Gasteiger partial charge is 0.124 e. The fourth-order valence-corrected chi connectivity index (χ4v) is 2.80. The van der Waals surface area contributed by atoms with E-state index in [4.69, 9.17) is 11.6 Å². The molecule has 3 heteroatoms. The van der Waals surface area contributed by atoms with Crippen molar-refractivity contribution >= 4 is 27.5 Å². The minimum Gasteiger partial charge on any atom is -0.207 e. The molecule has 1 atom stereocenters. The second-order valence-corrected chi connectivity index (χ2v) is 6.00. The molecular weight excluding hydrogens is 278 g/mol. The molecule has 1 saturated carbocycles. The highest BCUT2D eigenvalue weighted by molar-refractivity contribution is 9.10. The van der Waals surface area contributed by atoms with E-state index in [0.717, 1.165) is 29.3 Å². The monoisotopic (exact) mass is 290 g/mol. The topological polar surface area (TPSA) is 0 Å². The average molecular weight is 292 g/mol. The fourth-order valence-electron chi connectivity index (χ4n) is 2.00. The van der Waals surface area contributed by atoms with Crippen LogP contribution in [-0.2, 0) is 6.42 Å². The third kappa shape index (κ3) is 2.54. The summed E-state index contributed by atoms with van der Waals surface area (Å²) in [4.78, 5) is 0. The quantitative estimate of drug-likeness (QED) is 0.717. The van der Waals surface area contributed by atoms with Gasteiger partial charge >= 0.3 is 0 Å². The Kier molecular flexibility index (Phi) is 3.09. The predicted molar refractivity (Wildman–Crippen MR) is 64.8 cm³/mol. The van der Waals surface area contributed by atoms with Crippen molar-refractivity contribution in [2.45, 2.75) is 31.6 Å². The van der Waals surface area contributed by atoms with Crippen LogP contribution in [0, 0.1) is 11.2 Å². The highest BCUT2D eigenvalue weighted by Crippen LogP contribution is 2.53. The Hall–Kier alpha value is -0.0800. The van der Waals surface area contributed by atoms with Crippen molar-refractivity contribution in [3.8, 4) is 0 Å². The van der Waals surface area contributed by atoms with E-state index in [0.29, 0.717) is 0 Å². The van der Waals surface area contributed by atoms with E-state index in [1.807, 2.05) is 13.0 Å². The lowest BCUT2D eigenvalue weighted by molar-refractivity contribution is 0.494. The Morgan fingerprint density at radius 2 is 2.13 bits per heavy atom. The molecule has 0 aromatic heterocycles. The van der Waals surface area contributed by atoms with Crippen molar-refractivity contribution < 1.29 is 4.39 Å². The largest absolute Gasteiger partial charge is 0.207 e. The van der Waals surface area contributed by atoms with Gasteiger partial charge in [-0.25, -0.2) is 4.39 Å². The molecule has 1 aliphatic rings. The molecule has 1 unspecified atom stereocenters. The zero-order valence-electron chi connectivity index (χ0n) is 8.56. The number of alkyl halides is 1. The lowest BCUT2D eigenvalue weighted by Crippen LogP contribution is -2.15. The number of rotatable bonds is 3. The van der Waals surface area contributed by atoms with Gasteiger partial charge in [-0.15, -0.1) is 11.6 Å². The highest BCUT2D eigenvalue weighted by atomic mass is 79.9. The van der Waals surface area contributed by atoms with Gasteiger partial charge in [0.05, 0.1) is 0 Å². The normalized spacial score (nSPS) is 20.0. The van der Waals surface area contributed by atoms with Gasteiger partial charge < -0.3 is 0 Å². The Morgan fingerprint density at radius 3 is 2.60 bits per heavy atom. The number of halogens is 3. The first-order valence-electron chi connectivity index (χ1n) is 5.11. The Labute approximate surface area is 103 Å². The lowest BCUT2D eigenvalue weighted by Gasteiger charge is -2.17. The average Bonchev–Trinajstić information content (AvgIpc) is 2.83. The van der Waals surface area contributed by atoms with Crippen LogP contribution in [0.3, 0.4) is 0 Å². The molecule has 2 rings (SSSR count). The predicted octanol–water partition coefficient (Wildman–Crippen LogP) is 4.54. The van der Waals surface area contributed by atoms with E-state index < -0.39 is 0 Å². The van der Waals surface area contributed by atoms with Crippen molar-refractivity contribution in [1.82, 2.24) is 0 Å². The van der Waals surface area contributed by atoms with Crippen molar-refractivity contribution in [2.24, 2.45) is 5.41 Å². The summed E-state index contributed by atoms with van der Waals surface area (Å²) in [5.74, 6) is -0.183. The molecule has 1 aromatic rings. The molecule has 0 bridgehead atoms. The molecule has 0 heterocycles. The van der Waals surface area contributed by atoms with Gasteiger partial charge in [0.2, 0.25) is 0 Å². The van der Waals surface area contributed by atoms with E-state index in [9.17, 15) is 4.39 Å². The van der Waals surface area contributed by atoms with E-state index in [-0.39, 0.29) is 16.6 Å². The summed E-state index contributed by atoms with van der Waals surface area (Å²) in [7, 11) is 0. The first kappa shape index (κ1) is 11.4. The first-order valence-corrected chi connectivity index (χ1v) is 6.34. The molecule has 1 aliphatic carbocycles.